The summed E-state index contributed by atoms with van der Waals surface area (Å²) in [6.07, 6.45) is 5.22. The Bertz CT molecular complexity index is 1380. The Morgan fingerprint density at radius 2 is 1.82 bits per heavy atom. The molecule has 3 saturated heterocycles. The number of ether oxygens (including phenoxy) is 1. The van der Waals surface area contributed by atoms with E-state index in [9.17, 15) is 13.6 Å². The Labute approximate surface area is 257 Å². The first-order chi connectivity index (χ1) is 21.2. The van der Waals surface area contributed by atoms with Gasteiger partial charge in [-0.1, -0.05) is 18.6 Å². The van der Waals surface area contributed by atoms with Gasteiger partial charge < -0.3 is 19.9 Å². The number of nitrogens with zero attached hydrogens (tertiary/aromatic N) is 4. The first kappa shape index (κ1) is 30.7. The van der Waals surface area contributed by atoms with Gasteiger partial charge in [-0.25, -0.2) is 18.0 Å². The minimum absolute atomic E-state index is 0.0166. The van der Waals surface area contributed by atoms with Crippen LogP contribution in [0.1, 0.15) is 49.7 Å². The fraction of sp³-hybridized carbons (Fsp3) is 0.588. The SMILES string of the molecule is COC(=O)N[C@H]1CCC[C@@H]1C(CN1CCC1)(c1cccc(F)c1)C1CCN(CC2(F)CN(c3ccc(C#N)c(F)c3)C2)CC1. The second kappa shape index (κ2) is 12.6. The first-order valence-electron chi connectivity index (χ1n) is 15.9. The molecule has 236 valence electrons. The van der Waals surface area contributed by atoms with E-state index in [0.29, 0.717) is 12.2 Å². The fourth-order valence-corrected chi connectivity index (χ4v) is 8.46. The lowest BCUT2D eigenvalue weighted by Crippen LogP contribution is -2.65. The number of hydrogen-bond donors (Lipinski definition) is 1. The van der Waals surface area contributed by atoms with Crippen molar-refractivity contribution in [2.75, 3.05) is 64.4 Å². The summed E-state index contributed by atoms with van der Waals surface area (Å²) in [7, 11) is 1.39. The van der Waals surface area contributed by atoms with Crippen molar-refractivity contribution in [1.29, 1.82) is 5.26 Å². The van der Waals surface area contributed by atoms with Crippen LogP contribution in [0.5, 0.6) is 0 Å². The van der Waals surface area contributed by atoms with Crippen LogP contribution in [0.3, 0.4) is 0 Å². The molecule has 2 aromatic rings. The van der Waals surface area contributed by atoms with Gasteiger partial charge in [-0.3, -0.25) is 4.90 Å². The van der Waals surface area contributed by atoms with Gasteiger partial charge in [0.15, 0.2) is 5.67 Å². The summed E-state index contributed by atoms with van der Waals surface area (Å²) in [5.74, 6) is -0.475. The van der Waals surface area contributed by atoms with Crippen molar-refractivity contribution in [1.82, 2.24) is 15.1 Å². The Balaban J connectivity index is 1.19. The number of alkyl halides is 1. The van der Waals surface area contributed by atoms with Crippen LogP contribution >= 0.6 is 0 Å². The van der Waals surface area contributed by atoms with Crippen LogP contribution in [0, 0.1) is 34.8 Å². The number of carbonyl (C=O) groups is 1. The molecule has 1 saturated carbocycles. The third-order valence-corrected chi connectivity index (χ3v) is 10.7. The topological polar surface area (TPSA) is 71.8 Å². The average molecular weight is 610 g/mol. The zero-order valence-corrected chi connectivity index (χ0v) is 25.4. The van der Waals surface area contributed by atoms with Gasteiger partial charge in [0, 0.05) is 30.2 Å². The van der Waals surface area contributed by atoms with Crippen molar-refractivity contribution in [3.05, 3.63) is 65.2 Å². The molecule has 3 heterocycles. The quantitative estimate of drug-likeness (QED) is 0.419. The number of hydrogen-bond acceptors (Lipinski definition) is 6. The maximum Gasteiger partial charge on any atom is 0.407 e. The molecule has 6 rings (SSSR count). The Hall–Kier alpha value is -3.29. The number of amides is 1. The van der Waals surface area contributed by atoms with Crippen LogP contribution in [0.4, 0.5) is 23.7 Å². The van der Waals surface area contributed by atoms with Gasteiger partial charge in [-0.15, -0.1) is 0 Å². The highest BCUT2D eigenvalue weighted by Gasteiger charge is 2.53. The van der Waals surface area contributed by atoms with Crippen molar-refractivity contribution in [2.45, 2.75) is 55.7 Å². The molecule has 3 atom stereocenters. The number of anilines is 1. The van der Waals surface area contributed by atoms with Gasteiger partial charge in [0.05, 0.1) is 25.8 Å². The highest BCUT2D eigenvalue weighted by Crippen LogP contribution is 2.51. The van der Waals surface area contributed by atoms with Gasteiger partial charge >= 0.3 is 6.09 Å². The highest BCUT2D eigenvalue weighted by molar-refractivity contribution is 5.67. The molecule has 0 aromatic heterocycles. The Morgan fingerprint density at radius 1 is 1.05 bits per heavy atom. The third kappa shape index (κ3) is 6.01. The van der Waals surface area contributed by atoms with Gasteiger partial charge in [-0.2, -0.15) is 5.26 Å². The van der Waals surface area contributed by atoms with Gasteiger partial charge in [0.2, 0.25) is 0 Å². The van der Waals surface area contributed by atoms with Crippen molar-refractivity contribution in [2.24, 2.45) is 11.8 Å². The van der Waals surface area contributed by atoms with E-state index < -0.39 is 17.6 Å². The summed E-state index contributed by atoms with van der Waals surface area (Å²) < 4.78 is 49.8. The summed E-state index contributed by atoms with van der Waals surface area (Å²) in [4.78, 5) is 18.9. The molecule has 4 aliphatic rings. The number of nitrogens with one attached hydrogen (secondary N) is 1. The lowest BCUT2D eigenvalue weighted by molar-refractivity contribution is 0.00584. The highest BCUT2D eigenvalue weighted by atomic mass is 19.1. The van der Waals surface area contributed by atoms with E-state index in [2.05, 4.69) is 21.2 Å². The summed E-state index contributed by atoms with van der Waals surface area (Å²) >= 11 is 0. The predicted octanol–water partition coefficient (Wildman–Crippen LogP) is 5.25. The fourth-order valence-electron chi connectivity index (χ4n) is 8.46. The van der Waals surface area contributed by atoms with Crippen LogP contribution < -0.4 is 10.2 Å². The maximum absolute atomic E-state index is 15.9. The van der Waals surface area contributed by atoms with Gasteiger partial charge in [0.1, 0.15) is 17.7 Å². The standard InChI is InChI=1S/C34H42F3N5O2/c1-44-32(43)39-31-8-3-7-29(31)34(23-40-13-4-14-40,26-5-2-6-27(35)17-26)25-11-15-41(16-12-25)20-33(37)21-42(22-33)28-10-9-24(19-38)30(36)18-28/h2,5-6,9-10,17-18,25,29,31H,3-4,7-8,11-16,20-23H2,1H3,(H,39,43)/t29-,31-,34?/m0/s1. The van der Waals surface area contributed by atoms with Crippen molar-refractivity contribution in [3.63, 3.8) is 0 Å². The Morgan fingerprint density at radius 3 is 2.45 bits per heavy atom. The number of halogens is 3. The van der Waals surface area contributed by atoms with Crippen molar-refractivity contribution >= 4 is 11.8 Å². The molecule has 0 spiro atoms. The molecule has 7 nitrogen and oxygen atoms in total. The maximum atomic E-state index is 15.9. The number of likely N-dealkylation sites (tertiary alicyclic amines) is 2. The van der Waals surface area contributed by atoms with E-state index in [0.717, 1.165) is 76.8 Å². The average Bonchev–Trinajstić information content (AvgIpc) is 3.44. The number of rotatable bonds is 9. The predicted molar refractivity (Wildman–Crippen MR) is 162 cm³/mol. The van der Waals surface area contributed by atoms with E-state index in [1.54, 1.807) is 18.2 Å². The number of nitriles is 1. The summed E-state index contributed by atoms with van der Waals surface area (Å²) in [6.45, 7) is 5.00. The summed E-state index contributed by atoms with van der Waals surface area (Å²) in [6, 6.07) is 13.2. The van der Waals surface area contributed by atoms with E-state index in [-0.39, 0.29) is 47.8 Å². The number of methoxy groups -OCH3 is 1. The van der Waals surface area contributed by atoms with Crippen LogP contribution in [0.15, 0.2) is 42.5 Å². The smallest absolute Gasteiger partial charge is 0.407 e. The van der Waals surface area contributed by atoms with Crippen molar-refractivity contribution < 1.29 is 22.7 Å². The minimum Gasteiger partial charge on any atom is -0.453 e. The lowest BCUT2D eigenvalue weighted by atomic mass is 9.57. The molecular weight excluding hydrogens is 567 g/mol. The molecule has 4 fully saturated rings. The van der Waals surface area contributed by atoms with Gasteiger partial charge in [-0.05, 0) is 106 Å². The van der Waals surface area contributed by atoms with Crippen LogP contribution in [-0.2, 0) is 10.2 Å². The monoisotopic (exact) mass is 609 g/mol. The molecule has 1 N–H and O–H groups in total. The van der Waals surface area contributed by atoms with Crippen LogP contribution in [0.25, 0.3) is 0 Å². The molecule has 3 aliphatic heterocycles. The Kier molecular flexibility index (Phi) is 8.80. The molecule has 44 heavy (non-hydrogen) atoms. The zero-order valence-electron chi connectivity index (χ0n) is 25.4. The van der Waals surface area contributed by atoms with Gasteiger partial charge in [0.25, 0.3) is 0 Å². The largest absolute Gasteiger partial charge is 0.453 e. The van der Waals surface area contributed by atoms with Crippen LogP contribution in [0.2, 0.25) is 0 Å². The second-order valence-electron chi connectivity index (χ2n) is 13.3. The zero-order chi connectivity index (χ0) is 30.9. The molecule has 1 aliphatic carbocycles. The number of alkyl carbamates (subject to hydrolysis) is 1. The normalized spacial score (nSPS) is 25.4. The second-order valence-corrected chi connectivity index (χ2v) is 13.3. The number of carbonyl (C=O) groups excluding carboxylic acids is 1. The van der Waals surface area contributed by atoms with Crippen molar-refractivity contribution in [3.8, 4) is 6.07 Å². The molecule has 1 amide bonds. The lowest BCUT2D eigenvalue weighted by Gasteiger charge is -2.54. The van der Waals surface area contributed by atoms with E-state index in [1.807, 2.05) is 11.0 Å². The number of benzene rings is 2. The minimum atomic E-state index is -1.39. The first-order valence-corrected chi connectivity index (χ1v) is 15.9. The molecule has 1 unspecified atom stereocenters. The number of piperidine rings is 1. The van der Waals surface area contributed by atoms with E-state index >= 15 is 4.39 Å². The summed E-state index contributed by atoms with van der Waals surface area (Å²) in [5.41, 5.74) is -0.187. The molecule has 0 bridgehead atoms. The van der Waals surface area contributed by atoms with Crippen LogP contribution in [-0.4, -0.2) is 87.1 Å². The van der Waals surface area contributed by atoms with E-state index in [1.165, 1.54) is 25.3 Å². The molecule has 2 aromatic carbocycles. The molecule has 10 heteroatoms. The third-order valence-electron chi connectivity index (χ3n) is 10.7. The summed E-state index contributed by atoms with van der Waals surface area (Å²) in [5, 5.41) is 12.1. The van der Waals surface area contributed by atoms with E-state index in [4.69, 9.17) is 10.00 Å². The molecular formula is C34H42F3N5O2. The molecule has 0 radical (unpaired) electrons.